The van der Waals surface area contributed by atoms with E-state index in [0.717, 1.165) is 30.0 Å². The molecule has 1 N–H and O–H groups in total. The molecule has 22 heavy (non-hydrogen) atoms. The lowest BCUT2D eigenvalue weighted by molar-refractivity contribution is -0.156. The molecule has 3 atom stereocenters. The van der Waals surface area contributed by atoms with Crippen molar-refractivity contribution >= 4 is 0 Å². The molecular formula is C17H21NO4. The Bertz CT molecular complexity index is 629. The number of hydroxylamine groups is 2. The maximum Gasteiger partial charge on any atom is 0.166 e. The molecule has 5 nitrogen and oxygen atoms in total. The van der Waals surface area contributed by atoms with E-state index in [1.54, 1.807) is 7.11 Å². The zero-order chi connectivity index (χ0) is 15.3. The van der Waals surface area contributed by atoms with Gasteiger partial charge < -0.3 is 14.6 Å². The Hall–Kier alpha value is -1.56. The van der Waals surface area contributed by atoms with Gasteiger partial charge in [-0.2, -0.15) is 5.06 Å². The van der Waals surface area contributed by atoms with E-state index in [9.17, 15) is 5.11 Å². The Labute approximate surface area is 130 Å². The smallest absolute Gasteiger partial charge is 0.166 e. The number of methoxy groups -OCH3 is 1. The van der Waals surface area contributed by atoms with E-state index in [0.29, 0.717) is 13.0 Å². The first-order valence-electron chi connectivity index (χ1n) is 7.72. The van der Waals surface area contributed by atoms with Gasteiger partial charge in [-0.3, -0.25) is 4.84 Å². The minimum atomic E-state index is -0.446. The SMILES string of the molecule is COc1ccc2c3c1OC1C[C@@H](O)C=C[C@@]31CCN(C)OC2. The Morgan fingerprint density at radius 3 is 3.09 bits per heavy atom. The summed E-state index contributed by atoms with van der Waals surface area (Å²) in [5.41, 5.74) is 2.11. The predicted molar refractivity (Wildman–Crippen MR) is 80.9 cm³/mol. The third-order valence-electron chi connectivity index (χ3n) is 5.08. The number of rotatable bonds is 1. The van der Waals surface area contributed by atoms with Crippen LogP contribution in [0.3, 0.4) is 0 Å². The highest BCUT2D eigenvalue weighted by atomic mass is 16.7. The minimum Gasteiger partial charge on any atom is -0.493 e. The quantitative estimate of drug-likeness (QED) is 0.802. The van der Waals surface area contributed by atoms with Crippen LogP contribution in [-0.2, 0) is 16.9 Å². The molecule has 2 heterocycles. The van der Waals surface area contributed by atoms with Crippen LogP contribution in [0.4, 0.5) is 0 Å². The van der Waals surface area contributed by atoms with Crippen molar-refractivity contribution in [2.24, 2.45) is 0 Å². The van der Waals surface area contributed by atoms with Crippen molar-refractivity contribution in [2.75, 3.05) is 20.7 Å². The molecule has 3 aliphatic rings. The average Bonchev–Trinajstić information content (AvgIpc) is 2.84. The summed E-state index contributed by atoms with van der Waals surface area (Å²) in [5, 5.41) is 11.9. The normalized spacial score (nSPS) is 33.4. The van der Waals surface area contributed by atoms with Crippen LogP contribution in [0.15, 0.2) is 24.3 Å². The van der Waals surface area contributed by atoms with Gasteiger partial charge >= 0.3 is 0 Å². The number of hydrogen-bond donors (Lipinski definition) is 1. The van der Waals surface area contributed by atoms with Gasteiger partial charge in [-0.25, -0.2) is 0 Å². The Morgan fingerprint density at radius 2 is 2.27 bits per heavy atom. The van der Waals surface area contributed by atoms with Crippen LogP contribution in [-0.4, -0.2) is 43.1 Å². The molecule has 2 aliphatic heterocycles. The minimum absolute atomic E-state index is 0.0518. The molecule has 1 unspecified atom stereocenters. The summed E-state index contributed by atoms with van der Waals surface area (Å²) in [5.74, 6) is 1.57. The topological polar surface area (TPSA) is 51.2 Å². The highest BCUT2D eigenvalue weighted by Crippen LogP contribution is 2.55. The molecule has 0 amide bonds. The average molecular weight is 303 g/mol. The summed E-state index contributed by atoms with van der Waals surface area (Å²) < 4.78 is 11.7. The zero-order valence-electron chi connectivity index (χ0n) is 12.9. The molecular weight excluding hydrogens is 282 g/mol. The second kappa shape index (κ2) is 4.98. The van der Waals surface area contributed by atoms with Gasteiger partial charge in [0.2, 0.25) is 0 Å². The van der Waals surface area contributed by atoms with Crippen molar-refractivity contribution < 1.29 is 19.4 Å². The largest absolute Gasteiger partial charge is 0.493 e. The van der Waals surface area contributed by atoms with Gasteiger partial charge in [0.15, 0.2) is 11.5 Å². The Balaban J connectivity index is 1.93. The van der Waals surface area contributed by atoms with Crippen LogP contribution in [0.2, 0.25) is 0 Å². The predicted octanol–water partition coefficient (Wildman–Crippen LogP) is 1.78. The first-order valence-corrected chi connectivity index (χ1v) is 7.72. The van der Waals surface area contributed by atoms with Crippen LogP contribution in [0.5, 0.6) is 11.5 Å². The number of aliphatic hydroxyl groups is 1. The number of nitrogens with zero attached hydrogens (tertiary/aromatic N) is 1. The Morgan fingerprint density at radius 1 is 1.41 bits per heavy atom. The van der Waals surface area contributed by atoms with Crippen molar-refractivity contribution in [2.45, 2.75) is 37.1 Å². The Kier molecular flexibility index (Phi) is 3.18. The molecule has 1 aliphatic carbocycles. The fourth-order valence-electron chi connectivity index (χ4n) is 3.91. The van der Waals surface area contributed by atoms with Crippen molar-refractivity contribution in [3.8, 4) is 11.5 Å². The van der Waals surface area contributed by atoms with Gasteiger partial charge in [0.1, 0.15) is 6.10 Å². The number of ether oxygens (including phenoxy) is 2. The van der Waals surface area contributed by atoms with E-state index < -0.39 is 6.10 Å². The van der Waals surface area contributed by atoms with E-state index >= 15 is 0 Å². The third kappa shape index (κ3) is 1.89. The number of aliphatic hydroxyl groups excluding tert-OH is 1. The summed E-state index contributed by atoms with van der Waals surface area (Å²) in [4.78, 5) is 5.77. The van der Waals surface area contributed by atoms with E-state index in [4.69, 9.17) is 14.3 Å². The maximum absolute atomic E-state index is 10.0. The second-order valence-electron chi connectivity index (χ2n) is 6.32. The molecule has 1 aromatic carbocycles. The van der Waals surface area contributed by atoms with Crippen molar-refractivity contribution in [1.82, 2.24) is 5.06 Å². The molecule has 4 rings (SSSR count). The molecule has 0 radical (unpaired) electrons. The van der Waals surface area contributed by atoms with Gasteiger partial charge in [-0.05, 0) is 18.1 Å². The molecule has 1 aromatic rings. The monoisotopic (exact) mass is 303 g/mol. The molecule has 0 aromatic heterocycles. The lowest BCUT2D eigenvalue weighted by Gasteiger charge is -2.38. The van der Waals surface area contributed by atoms with Crippen molar-refractivity contribution in [3.63, 3.8) is 0 Å². The van der Waals surface area contributed by atoms with Crippen LogP contribution < -0.4 is 9.47 Å². The van der Waals surface area contributed by atoms with Crippen molar-refractivity contribution in [3.05, 3.63) is 35.4 Å². The van der Waals surface area contributed by atoms with Crippen LogP contribution in [0, 0.1) is 0 Å². The fourth-order valence-corrected chi connectivity index (χ4v) is 3.91. The van der Waals surface area contributed by atoms with Crippen molar-refractivity contribution in [1.29, 1.82) is 0 Å². The highest BCUT2D eigenvalue weighted by Gasteiger charge is 2.52. The summed E-state index contributed by atoms with van der Waals surface area (Å²) in [6.07, 6.45) is 5.05. The molecule has 0 fully saturated rings. The molecule has 0 bridgehead atoms. The molecule has 5 heteroatoms. The molecule has 1 spiro atoms. The summed E-state index contributed by atoms with van der Waals surface area (Å²) >= 11 is 0. The van der Waals surface area contributed by atoms with Gasteiger partial charge in [0.25, 0.3) is 0 Å². The van der Waals surface area contributed by atoms with Gasteiger partial charge in [0, 0.05) is 25.6 Å². The van der Waals surface area contributed by atoms with Gasteiger partial charge in [-0.1, -0.05) is 18.2 Å². The van der Waals surface area contributed by atoms with Gasteiger partial charge in [-0.15, -0.1) is 0 Å². The summed E-state index contributed by atoms with van der Waals surface area (Å²) in [7, 11) is 3.62. The van der Waals surface area contributed by atoms with Crippen LogP contribution >= 0.6 is 0 Å². The lowest BCUT2D eigenvalue weighted by atomic mass is 9.68. The summed E-state index contributed by atoms with van der Waals surface area (Å²) in [6.45, 7) is 1.34. The third-order valence-corrected chi connectivity index (χ3v) is 5.08. The van der Waals surface area contributed by atoms with Crippen LogP contribution in [0.1, 0.15) is 24.0 Å². The van der Waals surface area contributed by atoms with E-state index in [1.807, 2.05) is 24.3 Å². The maximum atomic E-state index is 10.0. The van der Waals surface area contributed by atoms with E-state index in [1.165, 1.54) is 5.56 Å². The van der Waals surface area contributed by atoms with E-state index in [-0.39, 0.29) is 11.5 Å². The molecule has 0 saturated heterocycles. The highest BCUT2D eigenvalue weighted by molar-refractivity contribution is 5.60. The zero-order valence-corrected chi connectivity index (χ0v) is 12.9. The first kappa shape index (κ1) is 14.1. The molecule has 118 valence electrons. The number of hydrogen-bond acceptors (Lipinski definition) is 5. The molecule has 0 saturated carbocycles. The summed E-state index contributed by atoms with van der Waals surface area (Å²) in [6, 6.07) is 3.99. The second-order valence-corrected chi connectivity index (χ2v) is 6.32. The van der Waals surface area contributed by atoms with Gasteiger partial charge in [0.05, 0.1) is 25.2 Å². The standard InChI is InChI=1S/C17H21NO4/c1-18-8-7-17-6-5-12(19)9-14(17)22-16-13(20-2)4-3-11(10-21-18)15(16)17/h3-6,12,14,19H,7-10H2,1-2H3/t12-,14?,17-/m0/s1. The van der Waals surface area contributed by atoms with Crippen LogP contribution in [0.25, 0.3) is 0 Å². The number of benzene rings is 1. The van der Waals surface area contributed by atoms with E-state index in [2.05, 4.69) is 12.1 Å². The lowest BCUT2D eigenvalue weighted by Crippen LogP contribution is -2.45. The first-order chi connectivity index (χ1) is 10.6. The fraction of sp³-hybridized carbons (Fsp3) is 0.529.